The van der Waals surface area contributed by atoms with Crippen molar-refractivity contribution in [2.75, 3.05) is 0 Å². The lowest BCUT2D eigenvalue weighted by molar-refractivity contribution is -0.143. The summed E-state index contributed by atoms with van der Waals surface area (Å²) in [6.45, 7) is 7.18. The van der Waals surface area contributed by atoms with E-state index in [0.29, 0.717) is 17.6 Å². The minimum Gasteiger partial charge on any atom is -0.399 e. The summed E-state index contributed by atoms with van der Waals surface area (Å²) in [5.41, 5.74) is -4.25. The van der Waals surface area contributed by atoms with E-state index < -0.39 is 41.8 Å². The standard InChI is InChI=1S/C21H18BF6NO2/c1-18(2)19(3,4)31-22(30-18)17-6-12(11-29)5-13(9-17)14-7-15(20(23,24)25)10-16(8-14)21(26,27)28/h5-10H,1-4H3. The summed E-state index contributed by atoms with van der Waals surface area (Å²) in [6.07, 6.45) is -9.95. The normalized spacial score (nSPS) is 18.2. The fourth-order valence-corrected chi connectivity index (χ4v) is 3.12. The zero-order valence-corrected chi connectivity index (χ0v) is 17.1. The number of benzene rings is 2. The van der Waals surface area contributed by atoms with E-state index in [2.05, 4.69) is 0 Å². The van der Waals surface area contributed by atoms with E-state index in [0.717, 1.165) is 0 Å². The molecule has 0 spiro atoms. The van der Waals surface area contributed by atoms with E-state index in [9.17, 15) is 31.6 Å². The predicted octanol–water partition coefficient (Wildman–Crippen LogP) is 5.56. The first-order chi connectivity index (χ1) is 14.0. The van der Waals surface area contributed by atoms with Crippen molar-refractivity contribution >= 4 is 12.6 Å². The van der Waals surface area contributed by atoms with Crippen LogP contribution in [-0.2, 0) is 21.7 Å². The quantitative estimate of drug-likeness (QED) is 0.453. The Morgan fingerprint density at radius 3 is 1.61 bits per heavy atom. The monoisotopic (exact) mass is 441 g/mol. The van der Waals surface area contributed by atoms with Crippen molar-refractivity contribution in [2.24, 2.45) is 0 Å². The Balaban J connectivity index is 2.16. The molecule has 1 aliphatic rings. The maximum absolute atomic E-state index is 13.2. The molecule has 0 amide bonds. The first-order valence-corrected chi connectivity index (χ1v) is 9.24. The lowest BCUT2D eigenvalue weighted by Gasteiger charge is -2.32. The summed E-state index contributed by atoms with van der Waals surface area (Å²) in [5, 5.41) is 9.36. The smallest absolute Gasteiger partial charge is 0.399 e. The van der Waals surface area contributed by atoms with E-state index >= 15 is 0 Å². The SMILES string of the molecule is CC1(C)OB(c2cc(C#N)cc(-c3cc(C(F)(F)F)cc(C(F)(F)F)c3)c2)OC1(C)C. The Morgan fingerprint density at radius 1 is 0.742 bits per heavy atom. The third-order valence-electron chi connectivity index (χ3n) is 5.53. The maximum atomic E-state index is 13.2. The van der Waals surface area contributed by atoms with Gasteiger partial charge in [0.1, 0.15) is 0 Å². The van der Waals surface area contributed by atoms with Crippen LogP contribution in [0, 0.1) is 11.3 Å². The molecule has 0 bridgehead atoms. The molecule has 0 aliphatic carbocycles. The van der Waals surface area contributed by atoms with Crippen molar-refractivity contribution in [3.05, 3.63) is 53.1 Å². The number of nitriles is 1. The Labute approximate surface area is 175 Å². The molecule has 0 unspecified atom stereocenters. The molecule has 2 aromatic carbocycles. The fraction of sp³-hybridized carbons (Fsp3) is 0.381. The van der Waals surface area contributed by atoms with Crippen LogP contribution in [0.2, 0.25) is 0 Å². The van der Waals surface area contributed by atoms with Gasteiger partial charge in [-0.25, -0.2) is 0 Å². The van der Waals surface area contributed by atoms with E-state index in [4.69, 9.17) is 9.31 Å². The van der Waals surface area contributed by atoms with Crippen LogP contribution < -0.4 is 5.46 Å². The molecule has 10 heteroatoms. The van der Waals surface area contributed by atoms with Gasteiger partial charge in [-0.3, -0.25) is 0 Å². The molecule has 1 fully saturated rings. The molecule has 0 radical (unpaired) electrons. The van der Waals surface area contributed by atoms with E-state index in [-0.39, 0.29) is 22.8 Å². The third kappa shape index (κ3) is 4.58. The predicted molar refractivity (Wildman–Crippen MR) is 102 cm³/mol. The summed E-state index contributed by atoms with van der Waals surface area (Å²) in [4.78, 5) is 0. The van der Waals surface area contributed by atoms with Crippen LogP contribution in [-0.4, -0.2) is 18.3 Å². The third-order valence-corrected chi connectivity index (χ3v) is 5.53. The molecule has 1 aliphatic heterocycles. The highest BCUT2D eigenvalue weighted by Crippen LogP contribution is 2.39. The first kappa shape index (κ1) is 23.2. The highest BCUT2D eigenvalue weighted by atomic mass is 19.4. The van der Waals surface area contributed by atoms with Crippen molar-refractivity contribution in [3.63, 3.8) is 0 Å². The van der Waals surface area contributed by atoms with Crippen LogP contribution in [0.1, 0.15) is 44.4 Å². The lowest BCUT2D eigenvalue weighted by Crippen LogP contribution is -2.41. The topological polar surface area (TPSA) is 42.2 Å². The second kappa shape index (κ2) is 7.28. The van der Waals surface area contributed by atoms with Gasteiger partial charge in [0, 0.05) is 0 Å². The van der Waals surface area contributed by atoms with E-state index in [1.165, 1.54) is 18.2 Å². The number of rotatable bonds is 2. The average Bonchev–Trinajstić information content (AvgIpc) is 2.87. The van der Waals surface area contributed by atoms with Gasteiger partial charge in [-0.15, -0.1) is 0 Å². The zero-order valence-electron chi connectivity index (χ0n) is 17.1. The highest BCUT2D eigenvalue weighted by Gasteiger charge is 2.51. The van der Waals surface area contributed by atoms with Crippen molar-refractivity contribution in [3.8, 4) is 17.2 Å². The van der Waals surface area contributed by atoms with Gasteiger partial charge in [-0.1, -0.05) is 6.07 Å². The minimum atomic E-state index is -4.97. The molecule has 0 N–H and O–H groups in total. The molecular formula is C21H18BF6NO2. The van der Waals surface area contributed by atoms with Gasteiger partial charge in [0.15, 0.2) is 0 Å². The van der Waals surface area contributed by atoms with Crippen molar-refractivity contribution in [1.29, 1.82) is 5.26 Å². The molecule has 2 aromatic rings. The lowest BCUT2D eigenvalue weighted by atomic mass is 9.77. The summed E-state index contributed by atoms with van der Waals surface area (Å²) in [5.74, 6) is 0. The summed E-state index contributed by atoms with van der Waals surface area (Å²) >= 11 is 0. The number of alkyl halides is 6. The molecule has 164 valence electrons. The number of hydrogen-bond acceptors (Lipinski definition) is 3. The van der Waals surface area contributed by atoms with Crippen LogP contribution in [0.5, 0.6) is 0 Å². The minimum absolute atomic E-state index is 0.0142. The zero-order chi connectivity index (χ0) is 23.4. The van der Waals surface area contributed by atoms with Gasteiger partial charge in [0.25, 0.3) is 0 Å². The molecule has 3 nitrogen and oxygen atoms in total. The molecule has 31 heavy (non-hydrogen) atoms. The molecule has 3 rings (SSSR count). The summed E-state index contributed by atoms with van der Waals surface area (Å²) in [6, 6.07) is 7.22. The number of nitrogens with zero attached hydrogens (tertiary/aromatic N) is 1. The van der Waals surface area contributed by atoms with Gasteiger partial charge >= 0.3 is 19.5 Å². The maximum Gasteiger partial charge on any atom is 0.494 e. The van der Waals surface area contributed by atoms with Crippen LogP contribution in [0.4, 0.5) is 26.3 Å². The summed E-state index contributed by atoms with van der Waals surface area (Å²) < 4.78 is 91.2. The molecule has 1 heterocycles. The van der Waals surface area contributed by atoms with Gasteiger partial charge < -0.3 is 9.31 Å². The average molecular weight is 441 g/mol. The Hall–Kier alpha value is -2.51. The first-order valence-electron chi connectivity index (χ1n) is 9.24. The van der Waals surface area contributed by atoms with Gasteiger partial charge in [-0.2, -0.15) is 31.6 Å². The van der Waals surface area contributed by atoms with Gasteiger partial charge in [-0.05, 0) is 74.6 Å². The molecule has 0 atom stereocenters. The molecule has 0 aromatic heterocycles. The van der Waals surface area contributed by atoms with Gasteiger partial charge in [0.2, 0.25) is 0 Å². The highest BCUT2D eigenvalue weighted by molar-refractivity contribution is 6.62. The second-order valence-electron chi connectivity index (χ2n) is 8.34. The van der Waals surface area contributed by atoms with Gasteiger partial charge in [0.05, 0.1) is 34.0 Å². The Bertz CT molecular complexity index is 1010. The van der Waals surface area contributed by atoms with E-state index in [1.54, 1.807) is 27.7 Å². The van der Waals surface area contributed by atoms with Crippen LogP contribution in [0.3, 0.4) is 0 Å². The van der Waals surface area contributed by atoms with Crippen LogP contribution >= 0.6 is 0 Å². The van der Waals surface area contributed by atoms with Crippen molar-refractivity contribution in [1.82, 2.24) is 0 Å². The fourth-order valence-electron chi connectivity index (χ4n) is 3.12. The van der Waals surface area contributed by atoms with Crippen molar-refractivity contribution < 1.29 is 35.7 Å². The number of hydrogen-bond donors (Lipinski definition) is 0. The number of halogens is 6. The Kier molecular flexibility index (Phi) is 5.44. The van der Waals surface area contributed by atoms with Crippen LogP contribution in [0.25, 0.3) is 11.1 Å². The summed E-state index contributed by atoms with van der Waals surface area (Å²) in [7, 11) is -0.940. The molecule has 1 saturated heterocycles. The van der Waals surface area contributed by atoms with Crippen molar-refractivity contribution in [2.45, 2.75) is 51.2 Å². The molecule has 0 saturated carbocycles. The van der Waals surface area contributed by atoms with E-state index in [1.807, 2.05) is 6.07 Å². The largest absolute Gasteiger partial charge is 0.494 e. The second-order valence-corrected chi connectivity index (χ2v) is 8.34. The Morgan fingerprint density at radius 2 is 1.19 bits per heavy atom. The van der Waals surface area contributed by atoms with Crippen LogP contribution in [0.15, 0.2) is 36.4 Å². The molecular weight excluding hydrogens is 423 g/mol.